The fourth-order valence-electron chi connectivity index (χ4n) is 5.24. The summed E-state index contributed by atoms with van der Waals surface area (Å²) in [4.78, 5) is 23.3. The van der Waals surface area contributed by atoms with Crippen LogP contribution in [0.2, 0.25) is 0 Å². The molecule has 14 heteroatoms. The van der Waals surface area contributed by atoms with Crippen LogP contribution in [0.3, 0.4) is 0 Å². The molecule has 2 aromatic heterocycles. The van der Waals surface area contributed by atoms with E-state index < -0.39 is 37.9 Å². The number of urea groups is 1. The number of nitrogens with one attached hydrogen (secondary N) is 2. The molecule has 11 nitrogen and oxygen atoms in total. The average Bonchev–Trinajstić information content (AvgIpc) is 3.71. The summed E-state index contributed by atoms with van der Waals surface area (Å²) in [6.45, 7) is 3.52. The minimum Gasteiger partial charge on any atom is -0.377 e. The molecular weight excluding hydrogens is 580 g/mol. The van der Waals surface area contributed by atoms with Gasteiger partial charge in [0.25, 0.3) is 0 Å². The number of hydrogen-bond donors (Lipinski definition) is 4. The summed E-state index contributed by atoms with van der Waals surface area (Å²) in [6.07, 6.45) is 3.77. The Hall–Kier alpha value is -4.11. The quantitative estimate of drug-likeness (QED) is 0.205. The number of nitrogens with zero attached hydrogens (tertiary/aromatic N) is 5. The maximum atomic E-state index is 14.8. The smallest absolute Gasteiger partial charge is 0.323 e. The van der Waals surface area contributed by atoms with Crippen LogP contribution in [0.1, 0.15) is 25.5 Å². The number of halogens is 2. The van der Waals surface area contributed by atoms with Crippen molar-refractivity contribution >= 4 is 33.8 Å². The van der Waals surface area contributed by atoms with Gasteiger partial charge in [-0.2, -0.15) is 15.7 Å². The van der Waals surface area contributed by atoms with Crippen molar-refractivity contribution in [2.45, 2.75) is 35.4 Å². The first-order valence-corrected chi connectivity index (χ1v) is 15.2. The molecule has 1 saturated carbocycles. The highest BCUT2D eigenvalue weighted by Gasteiger charge is 2.59. The molecule has 1 atom stereocenters. The van der Waals surface area contributed by atoms with E-state index in [-0.39, 0.29) is 18.9 Å². The van der Waals surface area contributed by atoms with Crippen molar-refractivity contribution in [2.75, 3.05) is 35.3 Å². The lowest BCUT2D eigenvalue weighted by Crippen LogP contribution is -2.44. The lowest BCUT2D eigenvalue weighted by atomic mass is 10.1. The first-order chi connectivity index (χ1) is 20.6. The van der Waals surface area contributed by atoms with Crippen molar-refractivity contribution in [2.24, 2.45) is 7.05 Å². The van der Waals surface area contributed by atoms with E-state index in [2.05, 4.69) is 15.7 Å². The third kappa shape index (κ3) is 5.54. The van der Waals surface area contributed by atoms with Crippen LogP contribution in [-0.2, 0) is 16.5 Å². The predicted molar refractivity (Wildman–Crippen MR) is 159 cm³/mol. The number of amides is 2. The highest BCUT2D eigenvalue weighted by Crippen LogP contribution is 2.75. The molecule has 1 aliphatic carbocycles. The number of benzene rings is 2. The van der Waals surface area contributed by atoms with Crippen LogP contribution >= 0.6 is 10.6 Å². The number of carbonyl (C=O) groups excluding carboxylic acids is 1. The molecule has 1 saturated heterocycles. The van der Waals surface area contributed by atoms with E-state index in [9.17, 15) is 22.7 Å². The number of aryl methyl sites for hydroxylation is 1. The van der Waals surface area contributed by atoms with Crippen LogP contribution in [0, 0.1) is 11.6 Å². The maximum Gasteiger partial charge on any atom is 0.323 e. The second-order valence-corrected chi connectivity index (χ2v) is 13.0. The van der Waals surface area contributed by atoms with E-state index in [1.807, 2.05) is 11.8 Å². The van der Waals surface area contributed by atoms with Crippen LogP contribution < -0.4 is 15.5 Å². The Kier molecular flexibility index (Phi) is 7.54. The number of ether oxygens (including phenoxy) is 1. The Labute approximate surface area is 248 Å². The first-order valence-electron chi connectivity index (χ1n) is 13.7. The fourth-order valence-corrected chi connectivity index (χ4v) is 7.38. The van der Waals surface area contributed by atoms with Crippen molar-refractivity contribution < 1.29 is 27.4 Å². The summed E-state index contributed by atoms with van der Waals surface area (Å²) in [5, 5.41) is 9.48. The average molecular weight is 612 g/mol. The molecule has 1 aliphatic heterocycles. The Morgan fingerprint density at radius 1 is 1.07 bits per heavy atom. The van der Waals surface area contributed by atoms with Crippen LogP contribution in [0.25, 0.3) is 11.4 Å². The van der Waals surface area contributed by atoms with Gasteiger partial charge in [0.1, 0.15) is 27.1 Å². The van der Waals surface area contributed by atoms with Crippen molar-refractivity contribution in [3.63, 3.8) is 0 Å². The van der Waals surface area contributed by atoms with Gasteiger partial charge in [-0.3, -0.25) is 13.8 Å². The summed E-state index contributed by atoms with van der Waals surface area (Å²) in [5.41, 5.74) is 1.96. The fraction of sp³-hybridized carbons (Fsp3) is 0.310. The standard InChI is InChI=1S/C29H31F2N7O4S/c1-18-17-42-13-12-38(18)25-14-24(29(10-11-29)43(40,41)26-22(30)4-3-5-23(26)31)35-27(36-25)19-6-8-20(9-7-19)33-28(39)34-21-15-32-37(2)16-21/h3-9,14-16,18,40-41H,10-13,17H2,1-2H3,(H2,33,34,39)/t18-/m0/s1. The van der Waals surface area contributed by atoms with Crippen LogP contribution in [0.15, 0.2) is 65.8 Å². The number of carbonyl (C=O) groups is 1. The van der Waals surface area contributed by atoms with Crippen LogP contribution in [0.5, 0.6) is 0 Å². The molecular formula is C29H31F2N7O4S. The van der Waals surface area contributed by atoms with Gasteiger partial charge in [0.2, 0.25) is 0 Å². The molecule has 0 radical (unpaired) electrons. The van der Waals surface area contributed by atoms with Gasteiger partial charge in [-0.25, -0.2) is 23.5 Å². The first kappa shape index (κ1) is 29.0. The normalized spacial score (nSPS) is 18.3. The van der Waals surface area contributed by atoms with Gasteiger partial charge in [-0.15, -0.1) is 0 Å². The number of rotatable bonds is 7. The monoisotopic (exact) mass is 611 g/mol. The van der Waals surface area contributed by atoms with Gasteiger partial charge in [0, 0.05) is 37.1 Å². The highest BCUT2D eigenvalue weighted by molar-refractivity contribution is 8.25. The van der Waals surface area contributed by atoms with E-state index >= 15 is 0 Å². The van der Waals surface area contributed by atoms with E-state index in [0.717, 1.165) is 12.1 Å². The summed E-state index contributed by atoms with van der Waals surface area (Å²) in [5.74, 6) is -1.19. The van der Waals surface area contributed by atoms with Gasteiger partial charge in [-0.1, -0.05) is 6.07 Å². The second kappa shape index (κ2) is 11.2. The lowest BCUT2D eigenvalue weighted by Gasteiger charge is -2.41. The largest absolute Gasteiger partial charge is 0.377 e. The predicted octanol–water partition coefficient (Wildman–Crippen LogP) is 5.82. The number of hydrogen-bond acceptors (Lipinski definition) is 8. The summed E-state index contributed by atoms with van der Waals surface area (Å²) in [7, 11) is -2.24. The van der Waals surface area contributed by atoms with Crippen molar-refractivity contribution in [1.29, 1.82) is 0 Å². The molecule has 4 aromatic rings. The van der Waals surface area contributed by atoms with E-state index in [1.54, 1.807) is 48.3 Å². The van der Waals surface area contributed by atoms with Gasteiger partial charge in [0.15, 0.2) is 5.82 Å². The third-order valence-corrected chi connectivity index (χ3v) is 10.3. The van der Waals surface area contributed by atoms with Gasteiger partial charge >= 0.3 is 6.03 Å². The van der Waals surface area contributed by atoms with E-state index in [0.29, 0.717) is 54.0 Å². The Bertz CT molecular complexity index is 1640. The molecule has 43 heavy (non-hydrogen) atoms. The molecule has 3 heterocycles. The molecule has 2 aliphatic rings. The molecule has 0 unspecified atom stereocenters. The molecule has 0 bridgehead atoms. The molecule has 2 amide bonds. The molecule has 4 N–H and O–H groups in total. The van der Waals surface area contributed by atoms with Crippen molar-refractivity contribution in [3.8, 4) is 11.4 Å². The number of anilines is 3. The van der Waals surface area contributed by atoms with Crippen LogP contribution in [-0.4, -0.2) is 60.7 Å². The number of aromatic nitrogens is 4. The van der Waals surface area contributed by atoms with Gasteiger partial charge in [0.05, 0.1) is 36.8 Å². The van der Waals surface area contributed by atoms with Gasteiger partial charge < -0.3 is 20.3 Å². The Morgan fingerprint density at radius 2 is 1.77 bits per heavy atom. The molecule has 0 spiro atoms. The molecule has 2 aromatic carbocycles. The maximum absolute atomic E-state index is 14.8. The Morgan fingerprint density at radius 3 is 2.40 bits per heavy atom. The van der Waals surface area contributed by atoms with E-state index in [4.69, 9.17) is 14.7 Å². The molecule has 6 rings (SSSR count). The second-order valence-electron chi connectivity index (χ2n) is 10.7. The zero-order valence-electron chi connectivity index (χ0n) is 23.5. The summed E-state index contributed by atoms with van der Waals surface area (Å²) < 4.78 is 58.3. The summed E-state index contributed by atoms with van der Waals surface area (Å²) >= 11 is 0. The minimum absolute atomic E-state index is 0.0197. The zero-order chi connectivity index (χ0) is 30.4. The molecule has 226 valence electrons. The zero-order valence-corrected chi connectivity index (χ0v) is 24.3. The lowest BCUT2D eigenvalue weighted by molar-refractivity contribution is 0.0985. The molecule has 2 fully saturated rings. The van der Waals surface area contributed by atoms with Crippen molar-refractivity contribution in [3.05, 3.63) is 78.3 Å². The highest BCUT2D eigenvalue weighted by atomic mass is 32.3. The minimum atomic E-state index is -3.99. The van der Waals surface area contributed by atoms with E-state index in [1.165, 1.54) is 12.3 Å². The van der Waals surface area contributed by atoms with Gasteiger partial charge in [-0.05, 0) is 56.2 Å². The summed E-state index contributed by atoms with van der Waals surface area (Å²) in [6, 6.07) is 11.3. The third-order valence-electron chi connectivity index (χ3n) is 7.66. The Balaban J connectivity index is 1.35. The SMILES string of the molecule is C[C@H]1COCCN1c1cc(C2(S(O)(O)c3c(F)cccc3F)CC2)nc(-c2ccc(NC(=O)Nc3cnn(C)c3)cc2)n1. The van der Waals surface area contributed by atoms with Crippen LogP contribution in [0.4, 0.5) is 30.8 Å². The van der Waals surface area contributed by atoms with Crippen molar-refractivity contribution in [1.82, 2.24) is 19.7 Å². The number of morpholine rings is 1. The topological polar surface area (TPSA) is 138 Å².